The smallest absolute Gasteiger partial charge is 0.0599 e. The average Bonchev–Trinajstić information content (AvgIpc) is 2.28. The van der Waals surface area contributed by atoms with Gasteiger partial charge in [-0.1, -0.05) is 6.92 Å². The summed E-state index contributed by atoms with van der Waals surface area (Å²) in [6, 6.07) is 0.825. The summed E-state index contributed by atoms with van der Waals surface area (Å²) >= 11 is 0. The van der Waals surface area contributed by atoms with Crippen LogP contribution in [-0.4, -0.2) is 42.8 Å². The van der Waals surface area contributed by atoms with Crippen LogP contribution >= 0.6 is 0 Å². The topological polar surface area (TPSA) is 38.5 Å². The first-order chi connectivity index (χ1) is 7.19. The van der Waals surface area contributed by atoms with Crippen molar-refractivity contribution in [2.45, 2.75) is 58.2 Å². The van der Waals surface area contributed by atoms with Gasteiger partial charge in [-0.2, -0.15) is 0 Å². The molecule has 0 amide bonds. The van der Waals surface area contributed by atoms with Crippen LogP contribution < -0.4 is 5.73 Å². The Morgan fingerprint density at radius 3 is 2.40 bits per heavy atom. The van der Waals surface area contributed by atoms with Crippen LogP contribution in [-0.2, 0) is 4.74 Å². The molecule has 0 bridgehead atoms. The minimum absolute atomic E-state index is 0.314. The maximum Gasteiger partial charge on any atom is 0.0599 e. The van der Waals surface area contributed by atoms with Crippen molar-refractivity contribution < 1.29 is 4.74 Å². The van der Waals surface area contributed by atoms with Gasteiger partial charge in [-0.25, -0.2) is 0 Å². The van der Waals surface area contributed by atoms with Crippen molar-refractivity contribution in [3.8, 4) is 0 Å². The number of hydrogen-bond donors (Lipinski definition) is 1. The fourth-order valence-corrected chi connectivity index (χ4v) is 2.30. The highest BCUT2D eigenvalue weighted by Gasteiger charge is 2.25. The Kier molecular flexibility index (Phi) is 5.58. The van der Waals surface area contributed by atoms with Crippen molar-refractivity contribution in [3.05, 3.63) is 0 Å². The normalized spacial score (nSPS) is 24.0. The van der Waals surface area contributed by atoms with E-state index in [9.17, 15) is 0 Å². The number of rotatable bonds is 5. The van der Waals surface area contributed by atoms with Crippen LogP contribution in [0.2, 0.25) is 0 Å². The predicted octanol–water partition coefficient (Wildman–Crippen LogP) is 1.61. The quantitative estimate of drug-likeness (QED) is 0.755. The molecule has 0 saturated carbocycles. The number of hydrogen-bond acceptors (Lipinski definition) is 3. The van der Waals surface area contributed by atoms with Crippen molar-refractivity contribution in [2.24, 2.45) is 5.73 Å². The molecule has 0 aromatic heterocycles. The lowest BCUT2D eigenvalue weighted by molar-refractivity contribution is 0.00306. The third kappa shape index (κ3) is 3.74. The second-order valence-electron chi connectivity index (χ2n) is 4.50. The van der Waals surface area contributed by atoms with Crippen LogP contribution in [0, 0.1) is 0 Å². The molecule has 1 saturated heterocycles. The number of ether oxygens (including phenoxy) is 1. The summed E-state index contributed by atoms with van der Waals surface area (Å²) in [6.45, 7) is 9.60. The Hall–Kier alpha value is -0.120. The van der Waals surface area contributed by atoms with Gasteiger partial charge in [0.05, 0.1) is 6.10 Å². The molecule has 0 aromatic carbocycles. The van der Waals surface area contributed by atoms with Gasteiger partial charge in [-0.05, 0) is 33.1 Å². The van der Waals surface area contributed by atoms with E-state index in [1.807, 2.05) is 0 Å². The Bertz CT molecular complexity index is 167. The highest BCUT2D eigenvalue weighted by Crippen LogP contribution is 2.17. The summed E-state index contributed by atoms with van der Waals surface area (Å²) in [4.78, 5) is 2.50. The van der Waals surface area contributed by atoms with E-state index in [0.29, 0.717) is 18.2 Å². The monoisotopic (exact) mass is 214 g/mol. The first-order valence-corrected chi connectivity index (χ1v) is 6.30. The summed E-state index contributed by atoms with van der Waals surface area (Å²) in [5, 5.41) is 0. The molecule has 1 aliphatic heterocycles. The molecule has 2 atom stereocenters. The third-order valence-electron chi connectivity index (χ3n) is 3.55. The molecule has 2 N–H and O–H groups in total. The lowest BCUT2D eigenvalue weighted by atomic mass is 10.0. The van der Waals surface area contributed by atoms with Crippen LogP contribution in [0.1, 0.15) is 40.0 Å². The molecule has 15 heavy (non-hydrogen) atoms. The summed E-state index contributed by atoms with van der Waals surface area (Å²) in [5.74, 6) is 0. The number of nitrogens with zero attached hydrogens (tertiary/aromatic N) is 1. The third-order valence-corrected chi connectivity index (χ3v) is 3.55. The highest BCUT2D eigenvalue weighted by molar-refractivity contribution is 4.82. The Morgan fingerprint density at radius 1 is 1.33 bits per heavy atom. The molecular weight excluding hydrogens is 188 g/mol. The number of likely N-dealkylation sites (tertiary alicyclic amines) is 1. The van der Waals surface area contributed by atoms with E-state index < -0.39 is 0 Å². The van der Waals surface area contributed by atoms with Gasteiger partial charge in [-0.15, -0.1) is 0 Å². The second-order valence-corrected chi connectivity index (χ2v) is 4.50. The summed E-state index contributed by atoms with van der Waals surface area (Å²) in [5.41, 5.74) is 6.07. The molecular formula is C12H26N2O. The average molecular weight is 214 g/mol. The van der Waals surface area contributed by atoms with E-state index in [2.05, 4.69) is 25.7 Å². The van der Waals surface area contributed by atoms with E-state index in [-0.39, 0.29) is 0 Å². The molecule has 1 rings (SSSR count). The zero-order valence-electron chi connectivity index (χ0n) is 10.4. The van der Waals surface area contributed by atoms with Crippen molar-refractivity contribution >= 4 is 0 Å². The van der Waals surface area contributed by atoms with Crippen molar-refractivity contribution in [3.63, 3.8) is 0 Å². The van der Waals surface area contributed by atoms with Crippen molar-refractivity contribution in [2.75, 3.05) is 19.7 Å². The van der Waals surface area contributed by atoms with Crippen LogP contribution in [0.5, 0.6) is 0 Å². The molecule has 1 fully saturated rings. The van der Waals surface area contributed by atoms with Gasteiger partial charge in [0, 0.05) is 31.8 Å². The molecule has 2 unspecified atom stereocenters. The van der Waals surface area contributed by atoms with Crippen LogP contribution in [0.4, 0.5) is 0 Å². The molecule has 3 heteroatoms. The second kappa shape index (κ2) is 6.46. The van der Waals surface area contributed by atoms with E-state index in [0.717, 1.165) is 39.0 Å². The van der Waals surface area contributed by atoms with E-state index in [1.54, 1.807) is 0 Å². The van der Waals surface area contributed by atoms with Gasteiger partial charge < -0.3 is 10.5 Å². The van der Waals surface area contributed by atoms with Crippen LogP contribution in [0.3, 0.4) is 0 Å². The van der Waals surface area contributed by atoms with Crippen LogP contribution in [0.15, 0.2) is 0 Å². The Balaban J connectivity index is 2.30. The van der Waals surface area contributed by atoms with Gasteiger partial charge in [0.1, 0.15) is 0 Å². The number of piperidine rings is 1. The minimum Gasteiger partial charge on any atom is -0.378 e. The summed E-state index contributed by atoms with van der Waals surface area (Å²) in [7, 11) is 0. The first-order valence-electron chi connectivity index (χ1n) is 6.30. The predicted molar refractivity (Wildman–Crippen MR) is 63.9 cm³/mol. The minimum atomic E-state index is 0.314. The SMILES string of the molecule is CCOC1CCN(C(C)C(N)CC)CC1. The molecule has 0 aliphatic carbocycles. The lowest BCUT2D eigenvalue weighted by Gasteiger charge is -2.38. The molecule has 0 aromatic rings. The molecule has 0 spiro atoms. The van der Waals surface area contributed by atoms with Gasteiger partial charge in [-0.3, -0.25) is 4.90 Å². The summed E-state index contributed by atoms with van der Waals surface area (Å²) in [6.07, 6.45) is 3.87. The number of nitrogens with two attached hydrogens (primary N) is 1. The maximum atomic E-state index is 6.07. The molecule has 1 aliphatic rings. The van der Waals surface area contributed by atoms with Crippen LogP contribution in [0.25, 0.3) is 0 Å². The highest BCUT2D eigenvalue weighted by atomic mass is 16.5. The molecule has 90 valence electrons. The largest absolute Gasteiger partial charge is 0.378 e. The standard InChI is InChI=1S/C12H26N2O/c1-4-12(13)10(3)14-8-6-11(7-9-14)15-5-2/h10-12H,4-9,13H2,1-3H3. The molecule has 3 nitrogen and oxygen atoms in total. The zero-order chi connectivity index (χ0) is 11.3. The lowest BCUT2D eigenvalue weighted by Crippen LogP contribution is -2.49. The maximum absolute atomic E-state index is 6.07. The summed E-state index contributed by atoms with van der Waals surface area (Å²) < 4.78 is 5.64. The fraction of sp³-hybridized carbons (Fsp3) is 1.00. The first kappa shape index (κ1) is 12.9. The van der Waals surface area contributed by atoms with E-state index >= 15 is 0 Å². The van der Waals surface area contributed by atoms with Gasteiger partial charge in [0.2, 0.25) is 0 Å². The zero-order valence-corrected chi connectivity index (χ0v) is 10.4. The molecule has 0 radical (unpaired) electrons. The van der Waals surface area contributed by atoms with E-state index in [4.69, 9.17) is 10.5 Å². The fourth-order valence-electron chi connectivity index (χ4n) is 2.30. The van der Waals surface area contributed by atoms with E-state index in [1.165, 1.54) is 0 Å². The van der Waals surface area contributed by atoms with Gasteiger partial charge >= 0.3 is 0 Å². The van der Waals surface area contributed by atoms with Gasteiger partial charge in [0.25, 0.3) is 0 Å². The van der Waals surface area contributed by atoms with Crippen molar-refractivity contribution in [1.82, 2.24) is 4.90 Å². The van der Waals surface area contributed by atoms with Gasteiger partial charge in [0.15, 0.2) is 0 Å². The molecule has 1 heterocycles. The Labute approximate surface area is 94.0 Å². The Morgan fingerprint density at radius 2 is 1.93 bits per heavy atom. The van der Waals surface area contributed by atoms with Crippen molar-refractivity contribution in [1.29, 1.82) is 0 Å².